The molecule has 0 bridgehead atoms. The monoisotopic (exact) mass is 361 g/mol. The highest BCUT2D eigenvalue weighted by Crippen LogP contribution is 2.29. The van der Waals surface area contributed by atoms with Crippen molar-refractivity contribution in [3.8, 4) is 17.2 Å². The Morgan fingerprint density at radius 1 is 1.15 bits per heavy atom. The Labute approximate surface area is 154 Å². The van der Waals surface area contributed by atoms with Gasteiger partial charge in [0.15, 0.2) is 0 Å². The zero-order valence-electron chi connectivity index (χ0n) is 14.4. The van der Waals surface area contributed by atoms with Crippen molar-refractivity contribution in [1.29, 1.82) is 0 Å². The Morgan fingerprint density at radius 2 is 2.04 bits per heavy atom. The van der Waals surface area contributed by atoms with Crippen LogP contribution in [0, 0.1) is 0 Å². The van der Waals surface area contributed by atoms with Crippen LogP contribution < -0.4 is 10.1 Å². The van der Waals surface area contributed by atoms with Crippen LogP contribution >= 0.6 is 0 Å². The number of anilines is 1. The molecule has 0 aliphatic carbocycles. The van der Waals surface area contributed by atoms with Crippen molar-refractivity contribution in [2.24, 2.45) is 0 Å². The Morgan fingerprint density at radius 3 is 2.74 bits per heavy atom. The first-order chi connectivity index (χ1) is 13.2. The summed E-state index contributed by atoms with van der Waals surface area (Å²) in [6.45, 7) is 0. The molecule has 27 heavy (non-hydrogen) atoms. The average Bonchev–Trinajstić information content (AvgIpc) is 3.35. The summed E-state index contributed by atoms with van der Waals surface area (Å²) in [5.41, 5.74) is 1.97. The average molecular weight is 361 g/mol. The van der Waals surface area contributed by atoms with E-state index in [0.717, 1.165) is 5.52 Å². The second-order valence-corrected chi connectivity index (χ2v) is 5.75. The summed E-state index contributed by atoms with van der Waals surface area (Å²) in [6, 6.07) is 14.0. The van der Waals surface area contributed by atoms with E-state index >= 15 is 0 Å². The van der Waals surface area contributed by atoms with E-state index in [1.54, 1.807) is 40.9 Å². The minimum Gasteiger partial charge on any atom is -0.481 e. The predicted octanol–water partition coefficient (Wildman–Crippen LogP) is 3.42. The normalized spacial score (nSPS) is 10.7. The van der Waals surface area contributed by atoms with Crippen LogP contribution in [0.25, 0.3) is 16.8 Å². The maximum absolute atomic E-state index is 12.9. The van der Waals surface area contributed by atoms with Crippen LogP contribution in [0.1, 0.15) is 10.5 Å². The highest BCUT2D eigenvalue weighted by molar-refractivity contribution is 6.47. The summed E-state index contributed by atoms with van der Waals surface area (Å²) in [7, 11) is 1.50. The highest BCUT2D eigenvalue weighted by atomic mass is 16.5. The number of hydrogen-bond donors (Lipinski definition) is 1. The first-order valence-corrected chi connectivity index (χ1v) is 8.17. The molecule has 4 aromatic heterocycles. The minimum atomic E-state index is -0.765. The van der Waals surface area contributed by atoms with Crippen molar-refractivity contribution in [2.45, 2.75) is 0 Å². The van der Waals surface area contributed by atoms with E-state index in [4.69, 9.17) is 9.15 Å². The van der Waals surface area contributed by atoms with Crippen LogP contribution in [-0.2, 0) is 4.79 Å². The van der Waals surface area contributed by atoms with E-state index in [-0.39, 0.29) is 5.69 Å². The molecule has 0 saturated carbocycles. The van der Waals surface area contributed by atoms with Crippen LogP contribution in [0.3, 0.4) is 0 Å². The molecule has 7 nitrogen and oxygen atoms in total. The number of rotatable bonds is 5. The molecule has 0 unspecified atom stereocenters. The summed E-state index contributed by atoms with van der Waals surface area (Å²) < 4.78 is 12.1. The van der Waals surface area contributed by atoms with Gasteiger partial charge in [-0.1, -0.05) is 6.07 Å². The molecule has 1 amide bonds. The van der Waals surface area contributed by atoms with Gasteiger partial charge in [0.25, 0.3) is 11.7 Å². The Kier molecular flexibility index (Phi) is 4.18. The standard InChI is InChI=1S/C20H15N3O4/c1-26-17-8-7-13(12-21-17)22-20(25)19(24)18-15(16-6-4-10-27-16)11-14-5-2-3-9-23(14)18/h2-12H,1H3,(H,22,25). The number of pyridine rings is 2. The van der Waals surface area contributed by atoms with Gasteiger partial charge in [-0.05, 0) is 36.4 Å². The summed E-state index contributed by atoms with van der Waals surface area (Å²) in [5.74, 6) is -0.514. The van der Waals surface area contributed by atoms with Crippen molar-refractivity contribution in [2.75, 3.05) is 12.4 Å². The third-order valence-corrected chi connectivity index (χ3v) is 4.09. The van der Waals surface area contributed by atoms with Gasteiger partial charge in [0, 0.05) is 23.3 Å². The number of Topliss-reactive ketones (excluding diaryl/α,β-unsaturated/α-hetero) is 1. The number of aromatic nitrogens is 2. The van der Waals surface area contributed by atoms with Crippen molar-refractivity contribution in [3.63, 3.8) is 0 Å². The van der Waals surface area contributed by atoms with Gasteiger partial charge in [-0.3, -0.25) is 9.59 Å². The molecule has 0 spiro atoms. The summed E-state index contributed by atoms with van der Waals surface area (Å²) >= 11 is 0. The van der Waals surface area contributed by atoms with Crippen LogP contribution in [0.5, 0.6) is 5.88 Å². The molecule has 0 saturated heterocycles. The maximum atomic E-state index is 12.9. The maximum Gasteiger partial charge on any atom is 0.298 e. The van der Waals surface area contributed by atoms with Gasteiger partial charge in [0.05, 0.1) is 25.3 Å². The van der Waals surface area contributed by atoms with E-state index in [1.807, 2.05) is 18.2 Å². The number of nitrogens with zero attached hydrogens (tertiary/aromatic N) is 2. The Balaban J connectivity index is 1.71. The lowest BCUT2D eigenvalue weighted by molar-refractivity contribution is -0.112. The molecule has 0 aliphatic heterocycles. The lowest BCUT2D eigenvalue weighted by Gasteiger charge is -2.07. The molecule has 0 aliphatic rings. The number of carbonyl (C=O) groups excluding carboxylic acids is 2. The number of hydrogen-bond acceptors (Lipinski definition) is 5. The molecular weight excluding hydrogens is 346 g/mol. The molecule has 0 atom stereocenters. The molecule has 0 aromatic carbocycles. The highest BCUT2D eigenvalue weighted by Gasteiger charge is 2.25. The summed E-state index contributed by atoms with van der Waals surface area (Å²) in [6.07, 6.45) is 4.68. The molecule has 4 aromatic rings. The lowest BCUT2D eigenvalue weighted by atomic mass is 10.1. The molecular formula is C20H15N3O4. The van der Waals surface area contributed by atoms with Gasteiger partial charge >= 0.3 is 0 Å². The van der Waals surface area contributed by atoms with E-state index in [0.29, 0.717) is 22.9 Å². The van der Waals surface area contributed by atoms with Crippen LogP contribution in [0.15, 0.2) is 71.6 Å². The van der Waals surface area contributed by atoms with E-state index in [1.165, 1.54) is 19.6 Å². The van der Waals surface area contributed by atoms with Crippen LogP contribution in [0.4, 0.5) is 5.69 Å². The SMILES string of the molecule is COc1ccc(NC(=O)C(=O)c2c(-c3ccco3)cc3ccccn23)cn1. The van der Waals surface area contributed by atoms with Gasteiger partial charge in [-0.2, -0.15) is 0 Å². The van der Waals surface area contributed by atoms with E-state index < -0.39 is 11.7 Å². The lowest BCUT2D eigenvalue weighted by Crippen LogP contribution is -2.24. The van der Waals surface area contributed by atoms with Crippen molar-refractivity contribution in [1.82, 2.24) is 9.38 Å². The van der Waals surface area contributed by atoms with Gasteiger partial charge in [-0.25, -0.2) is 4.98 Å². The quantitative estimate of drug-likeness (QED) is 0.435. The Bertz CT molecular complexity index is 1110. The van der Waals surface area contributed by atoms with Crippen LogP contribution in [-0.4, -0.2) is 28.2 Å². The van der Waals surface area contributed by atoms with Gasteiger partial charge in [0.1, 0.15) is 11.5 Å². The minimum absolute atomic E-state index is 0.236. The van der Waals surface area contributed by atoms with Gasteiger partial charge < -0.3 is 18.9 Å². The fraction of sp³-hybridized carbons (Fsp3) is 0.0500. The second kappa shape index (κ2) is 6.80. The number of carbonyl (C=O) groups is 2. The fourth-order valence-electron chi connectivity index (χ4n) is 2.85. The second-order valence-electron chi connectivity index (χ2n) is 5.75. The zero-order valence-corrected chi connectivity index (χ0v) is 14.4. The first kappa shape index (κ1) is 16.6. The van der Waals surface area contributed by atoms with Crippen LogP contribution in [0.2, 0.25) is 0 Å². The molecule has 4 heterocycles. The fourth-order valence-corrected chi connectivity index (χ4v) is 2.85. The molecule has 4 rings (SSSR count). The predicted molar refractivity (Wildman–Crippen MR) is 98.8 cm³/mol. The Hall–Kier alpha value is -3.87. The molecule has 1 N–H and O–H groups in total. The number of furan rings is 1. The third kappa shape index (κ3) is 3.06. The number of nitrogens with one attached hydrogen (secondary N) is 1. The van der Waals surface area contributed by atoms with Crippen molar-refractivity contribution < 1.29 is 18.7 Å². The number of ketones is 1. The number of fused-ring (bicyclic) bond motifs is 1. The third-order valence-electron chi connectivity index (χ3n) is 4.09. The summed E-state index contributed by atoms with van der Waals surface area (Å²) in [5, 5.41) is 2.57. The molecule has 0 fully saturated rings. The zero-order chi connectivity index (χ0) is 18.8. The van der Waals surface area contributed by atoms with Crippen molar-refractivity contribution in [3.05, 3.63) is 72.9 Å². The smallest absolute Gasteiger partial charge is 0.298 e. The molecule has 0 radical (unpaired) electrons. The molecule has 7 heteroatoms. The first-order valence-electron chi connectivity index (χ1n) is 8.17. The number of ether oxygens (including phenoxy) is 1. The number of amides is 1. The number of methoxy groups -OCH3 is 1. The largest absolute Gasteiger partial charge is 0.481 e. The summed E-state index contributed by atoms with van der Waals surface area (Å²) in [4.78, 5) is 29.5. The van der Waals surface area contributed by atoms with Crippen molar-refractivity contribution >= 4 is 22.9 Å². The topological polar surface area (TPSA) is 85.8 Å². The van der Waals surface area contributed by atoms with Gasteiger partial charge in [0.2, 0.25) is 5.88 Å². The van der Waals surface area contributed by atoms with E-state index in [2.05, 4.69) is 10.3 Å². The van der Waals surface area contributed by atoms with Gasteiger partial charge in [-0.15, -0.1) is 0 Å². The van der Waals surface area contributed by atoms with E-state index in [9.17, 15) is 9.59 Å². The molecule has 134 valence electrons.